The highest BCUT2D eigenvalue weighted by Gasteiger charge is 2.45. The first-order valence-electron chi connectivity index (χ1n) is 10.5. The lowest BCUT2D eigenvalue weighted by molar-refractivity contribution is -0.121. The number of ether oxygens (including phenoxy) is 3. The Labute approximate surface area is 190 Å². The Morgan fingerprint density at radius 3 is 2.18 bits per heavy atom. The van der Waals surface area contributed by atoms with Crippen LogP contribution >= 0.6 is 0 Å². The number of carbonyl (C=O) groups is 2. The number of rotatable bonds is 5. The molecular weight excluding hydrogens is 434 g/mol. The third kappa shape index (κ3) is 4.04. The Morgan fingerprint density at radius 2 is 1.58 bits per heavy atom. The first-order valence-corrected chi connectivity index (χ1v) is 10.5. The molecule has 2 aliphatic heterocycles. The first kappa shape index (κ1) is 22.7. The number of imide groups is 1. The quantitative estimate of drug-likeness (QED) is 0.640. The molecule has 33 heavy (non-hydrogen) atoms. The second-order valence-corrected chi connectivity index (χ2v) is 8.00. The minimum Gasteiger partial charge on any atom is -0.493 e. The molecule has 1 saturated heterocycles. The Morgan fingerprint density at radius 1 is 0.909 bits per heavy atom. The van der Waals surface area contributed by atoms with E-state index < -0.39 is 23.4 Å². The van der Waals surface area contributed by atoms with Gasteiger partial charge >= 0.3 is 0 Å². The van der Waals surface area contributed by atoms with Gasteiger partial charge in [0.15, 0.2) is 11.5 Å². The Hall–Kier alpha value is -3.46. The zero-order valence-electron chi connectivity index (χ0n) is 18.7. The summed E-state index contributed by atoms with van der Waals surface area (Å²) in [5.41, 5.74) is 0.343. The maximum Gasteiger partial charge on any atom is 0.282 e. The highest BCUT2D eigenvalue weighted by atomic mass is 19.1. The number of methoxy groups -OCH3 is 2. The van der Waals surface area contributed by atoms with Gasteiger partial charge in [-0.1, -0.05) is 6.07 Å². The van der Waals surface area contributed by atoms with E-state index in [1.165, 1.54) is 14.2 Å². The van der Waals surface area contributed by atoms with Gasteiger partial charge in [0.2, 0.25) is 0 Å². The van der Waals surface area contributed by atoms with Crippen LogP contribution in [0.2, 0.25) is 0 Å². The van der Waals surface area contributed by atoms with Crippen molar-refractivity contribution in [2.75, 3.05) is 32.2 Å². The van der Waals surface area contributed by atoms with E-state index >= 15 is 0 Å². The molecule has 2 atom stereocenters. The van der Waals surface area contributed by atoms with E-state index in [4.69, 9.17) is 14.2 Å². The molecule has 7 nitrogen and oxygen atoms in total. The lowest BCUT2D eigenvalue weighted by atomic mass is 10.0. The molecule has 2 aliphatic rings. The van der Waals surface area contributed by atoms with Crippen LogP contribution in [0.5, 0.6) is 11.5 Å². The van der Waals surface area contributed by atoms with Crippen molar-refractivity contribution >= 4 is 23.1 Å². The van der Waals surface area contributed by atoms with Gasteiger partial charge in [0.05, 0.1) is 37.7 Å². The van der Waals surface area contributed by atoms with E-state index in [0.717, 1.165) is 17.0 Å². The molecule has 1 fully saturated rings. The van der Waals surface area contributed by atoms with Crippen molar-refractivity contribution in [2.24, 2.45) is 0 Å². The number of anilines is 1. The van der Waals surface area contributed by atoms with Crippen LogP contribution in [0.15, 0.2) is 42.1 Å². The summed E-state index contributed by atoms with van der Waals surface area (Å²) in [6.07, 6.45) is -0.375. The molecule has 0 N–H and O–H groups in total. The van der Waals surface area contributed by atoms with Crippen LogP contribution in [0.1, 0.15) is 19.4 Å². The molecule has 0 spiro atoms. The lowest BCUT2D eigenvalue weighted by Gasteiger charge is -2.37. The van der Waals surface area contributed by atoms with E-state index in [0.29, 0.717) is 36.2 Å². The highest BCUT2D eigenvalue weighted by molar-refractivity contribution is 6.45. The summed E-state index contributed by atoms with van der Waals surface area (Å²) in [6, 6.07) is 7.59. The van der Waals surface area contributed by atoms with Crippen LogP contribution in [-0.2, 0) is 14.3 Å². The van der Waals surface area contributed by atoms with Crippen LogP contribution < -0.4 is 14.4 Å². The van der Waals surface area contributed by atoms with Gasteiger partial charge in [0, 0.05) is 19.2 Å². The zero-order chi connectivity index (χ0) is 23.9. The fraction of sp³-hybridized carbons (Fsp3) is 0.333. The number of benzene rings is 2. The normalized spacial score (nSPS) is 21.2. The van der Waals surface area contributed by atoms with Crippen LogP contribution in [0, 0.1) is 11.6 Å². The molecular formula is C24H24F2N2O5. The number of hydrogen-bond donors (Lipinski definition) is 0. The second kappa shape index (κ2) is 8.82. The largest absolute Gasteiger partial charge is 0.493 e. The van der Waals surface area contributed by atoms with Crippen LogP contribution in [0.4, 0.5) is 14.5 Å². The van der Waals surface area contributed by atoms with Gasteiger partial charge in [0.25, 0.3) is 11.8 Å². The summed E-state index contributed by atoms with van der Waals surface area (Å²) < 4.78 is 44.5. The predicted octanol–water partition coefficient (Wildman–Crippen LogP) is 3.38. The number of halogens is 2. The average Bonchev–Trinajstić information content (AvgIpc) is 3.03. The monoisotopic (exact) mass is 458 g/mol. The molecule has 0 aliphatic carbocycles. The fourth-order valence-electron chi connectivity index (χ4n) is 4.31. The molecule has 0 saturated carbocycles. The van der Waals surface area contributed by atoms with E-state index in [-0.39, 0.29) is 29.2 Å². The molecule has 9 heteroatoms. The average molecular weight is 458 g/mol. The highest BCUT2D eigenvalue weighted by Crippen LogP contribution is 2.39. The maximum absolute atomic E-state index is 14.6. The van der Waals surface area contributed by atoms with Crippen molar-refractivity contribution in [2.45, 2.75) is 26.1 Å². The van der Waals surface area contributed by atoms with E-state index in [1.807, 2.05) is 13.8 Å². The van der Waals surface area contributed by atoms with Gasteiger partial charge in [-0.15, -0.1) is 0 Å². The maximum atomic E-state index is 14.6. The topological polar surface area (TPSA) is 68.3 Å². The molecule has 2 aromatic carbocycles. The Kier molecular flexibility index (Phi) is 6.07. The number of amides is 2. The van der Waals surface area contributed by atoms with Crippen molar-refractivity contribution in [3.63, 3.8) is 0 Å². The van der Waals surface area contributed by atoms with E-state index in [2.05, 4.69) is 0 Å². The van der Waals surface area contributed by atoms with Crippen molar-refractivity contribution in [3.05, 3.63) is 59.3 Å². The molecule has 0 radical (unpaired) electrons. The van der Waals surface area contributed by atoms with Crippen molar-refractivity contribution < 1.29 is 32.6 Å². The van der Waals surface area contributed by atoms with E-state index in [9.17, 15) is 18.4 Å². The summed E-state index contributed by atoms with van der Waals surface area (Å²) in [4.78, 5) is 29.7. The molecule has 2 amide bonds. The summed E-state index contributed by atoms with van der Waals surface area (Å²) in [7, 11) is 2.95. The van der Waals surface area contributed by atoms with Gasteiger partial charge in [-0.3, -0.25) is 9.59 Å². The number of hydrogen-bond acceptors (Lipinski definition) is 6. The molecule has 0 aromatic heterocycles. The van der Waals surface area contributed by atoms with Crippen LogP contribution in [-0.4, -0.2) is 56.2 Å². The third-order valence-corrected chi connectivity index (χ3v) is 5.62. The Balaban J connectivity index is 1.88. The number of morpholine rings is 1. The van der Waals surface area contributed by atoms with Gasteiger partial charge in [0.1, 0.15) is 17.3 Å². The number of nitrogens with zero attached hydrogens (tertiary/aromatic N) is 2. The molecule has 4 rings (SSSR count). The minimum absolute atomic E-state index is 0.103. The summed E-state index contributed by atoms with van der Waals surface area (Å²) in [6.45, 7) is 4.49. The van der Waals surface area contributed by atoms with Gasteiger partial charge in [-0.25, -0.2) is 13.7 Å². The standard InChI is InChI=1S/C24H24F2N2O5/c1-13-11-27(12-14(2)33-13)22-21(15-5-8-19(31-3)20(9-15)32-4)23(29)28(24(22)30)18-7-6-16(25)10-17(18)26/h5-10,13-14H,11-12H2,1-4H3. The molecule has 2 aromatic rings. The van der Waals surface area contributed by atoms with Crippen molar-refractivity contribution in [3.8, 4) is 11.5 Å². The molecule has 0 bridgehead atoms. The van der Waals surface area contributed by atoms with E-state index in [1.54, 1.807) is 23.1 Å². The molecule has 2 unspecified atom stereocenters. The zero-order valence-corrected chi connectivity index (χ0v) is 18.7. The third-order valence-electron chi connectivity index (χ3n) is 5.62. The summed E-state index contributed by atoms with van der Waals surface area (Å²) in [5, 5.41) is 0. The smallest absolute Gasteiger partial charge is 0.282 e. The van der Waals surface area contributed by atoms with Crippen molar-refractivity contribution in [1.29, 1.82) is 0 Å². The van der Waals surface area contributed by atoms with Gasteiger partial charge in [-0.05, 0) is 43.7 Å². The van der Waals surface area contributed by atoms with Gasteiger partial charge in [-0.2, -0.15) is 0 Å². The summed E-state index contributed by atoms with van der Waals surface area (Å²) >= 11 is 0. The molecule has 2 heterocycles. The fourth-order valence-corrected chi connectivity index (χ4v) is 4.31. The van der Waals surface area contributed by atoms with Crippen molar-refractivity contribution in [1.82, 2.24) is 4.90 Å². The first-order chi connectivity index (χ1) is 15.7. The minimum atomic E-state index is -1.01. The predicted molar refractivity (Wildman–Crippen MR) is 117 cm³/mol. The summed E-state index contributed by atoms with van der Waals surface area (Å²) in [5.74, 6) is -2.38. The number of carbonyl (C=O) groups excluding carboxylic acids is 2. The van der Waals surface area contributed by atoms with Crippen LogP contribution in [0.3, 0.4) is 0 Å². The SMILES string of the molecule is COc1ccc(C2=C(N3CC(C)OC(C)C3)C(=O)N(c3ccc(F)cc3F)C2=O)cc1OC. The van der Waals surface area contributed by atoms with Crippen LogP contribution in [0.25, 0.3) is 5.57 Å². The lowest BCUT2D eigenvalue weighted by Crippen LogP contribution is -2.47. The second-order valence-electron chi connectivity index (χ2n) is 8.00. The molecule has 174 valence electrons. The Bertz CT molecular complexity index is 1140. The van der Waals surface area contributed by atoms with Gasteiger partial charge < -0.3 is 19.1 Å².